The normalized spacial score (nSPS) is 9.60. The first-order valence-electron chi connectivity index (χ1n) is 2.52. The third kappa shape index (κ3) is 3.49. The van der Waals surface area contributed by atoms with E-state index in [1.807, 2.05) is 0 Å². The molecule has 10 heavy (non-hydrogen) atoms. The number of aliphatic carboxylic acids is 1. The summed E-state index contributed by atoms with van der Waals surface area (Å²) in [6.07, 6.45) is 2.33. The molecular formula is C7H8O3. The van der Waals surface area contributed by atoms with Gasteiger partial charge in [-0.2, -0.15) is 0 Å². The van der Waals surface area contributed by atoms with Crippen LogP contribution in [0.3, 0.4) is 0 Å². The second kappa shape index (κ2) is 3.50. The van der Waals surface area contributed by atoms with E-state index in [4.69, 9.17) is 10.2 Å². The van der Waals surface area contributed by atoms with Gasteiger partial charge in [-0.3, -0.25) is 0 Å². The highest BCUT2D eigenvalue weighted by atomic mass is 16.4. The summed E-state index contributed by atoms with van der Waals surface area (Å²) in [4.78, 5) is 10.0. The molecule has 0 aromatic heterocycles. The predicted octanol–water partition coefficient (Wildman–Crippen LogP) is 1.26. The van der Waals surface area contributed by atoms with E-state index in [-0.39, 0.29) is 11.3 Å². The molecule has 0 aromatic carbocycles. The third-order valence-corrected chi connectivity index (χ3v) is 0.752. The van der Waals surface area contributed by atoms with Gasteiger partial charge in [-0.25, -0.2) is 4.79 Å². The number of aliphatic hydroxyl groups excluding tert-OH is 1. The number of allylic oxidation sites excluding steroid dienone is 1. The molecule has 0 bridgehead atoms. The molecular weight excluding hydrogens is 132 g/mol. The van der Waals surface area contributed by atoms with Crippen molar-refractivity contribution in [3.63, 3.8) is 0 Å². The molecule has 0 radical (unpaired) electrons. The maximum Gasteiger partial charge on any atom is 0.335 e. The molecule has 0 saturated heterocycles. The molecule has 0 aliphatic heterocycles. The van der Waals surface area contributed by atoms with Gasteiger partial charge in [0.05, 0.1) is 5.57 Å². The fraction of sp³-hybridized carbons (Fsp3) is 0. The van der Waals surface area contributed by atoms with Crippen LogP contribution in [0.2, 0.25) is 0 Å². The molecule has 0 aromatic rings. The van der Waals surface area contributed by atoms with Crippen molar-refractivity contribution in [1.29, 1.82) is 0 Å². The minimum absolute atomic E-state index is 0.0878. The van der Waals surface area contributed by atoms with Crippen LogP contribution < -0.4 is 0 Å². The van der Waals surface area contributed by atoms with Gasteiger partial charge in [-0.1, -0.05) is 13.2 Å². The van der Waals surface area contributed by atoms with Crippen LogP contribution in [0.15, 0.2) is 36.6 Å². The van der Waals surface area contributed by atoms with E-state index in [1.54, 1.807) is 0 Å². The lowest BCUT2D eigenvalue weighted by Crippen LogP contribution is -1.94. The molecule has 3 heteroatoms. The van der Waals surface area contributed by atoms with Crippen LogP contribution in [-0.2, 0) is 4.79 Å². The maximum absolute atomic E-state index is 10.0. The zero-order valence-electron chi connectivity index (χ0n) is 5.37. The minimum Gasteiger partial charge on any atom is -0.509 e. The number of carbonyl (C=O) groups is 1. The van der Waals surface area contributed by atoms with Gasteiger partial charge in [0.1, 0.15) is 5.76 Å². The first-order chi connectivity index (χ1) is 4.54. The largest absolute Gasteiger partial charge is 0.509 e. The van der Waals surface area contributed by atoms with Gasteiger partial charge in [-0.15, -0.1) is 0 Å². The molecule has 54 valence electrons. The highest BCUT2D eigenvalue weighted by molar-refractivity contribution is 5.89. The first kappa shape index (κ1) is 8.49. The summed E-state index contributed by atoms with van der Waals surface area (Å²) in [7, 11) is 0. The van der Waals surface area contributed by atoms with Gasteiger partial charge < -0.3 is 10.2 Å². The van der Waals surface area contributed by atoms with Gasteiger partial charge in [0.2, 0.25) is 0 Å². The van der Waals surface area contributed by atoms with Crippen molar-refractivity contribution < 1.29 is 15.0 Å². The number of carboxylic acids is 1. The SMILES string of the molecule is C=C(O)/C=C\C(=C)C(=O)O. The predicted molar refractivity (Wildman–Crippen MR) is 37.7 cm³/mol. The second-order valence-corrected chi connectivity index (χ2v) is 1.66. The Morgan fingerprint density at radius 3 is 2.00 bits per heavy atom. The van der Waals surface area contributed by atoms with Crippen molar-refractivity contribution >= 4 is 5.97 Å². The number of carboxylic acid groups (broad SMARTS) is 1. The maximum atomic E-state index is 10.0. The second-order valence-electron chi connectivity index (χ2n) is 1.66. The summed E-state index contributed by atoms with van der Waals surface area (Å²) in [5.74, 6) is -1.31. The van der Waals surface area contributed by atoms with Crippen LogP contribution in [0.5, 0.6) is 0 Å². The summed E-state index contributed by atoms with van der Waals surface area (Å²) in [6, 6.07) is 0. The first-order valence-corrected chi connectivity index (χ1v) is 2.52. The molecule has 0 spiro atoms. The number of hydrogen-bond donors (Lipinski definition) is 2. The van der Waals surface area contributed by atoms with E-state index in [0.717, 1.165) is 6.08 Å². The van der Waals surface area contributed by atoms with Crippen molar-refractivity contribution in [1.82, 2.24) is 0 Å². The van der Waals surface area contributed by atoms with Crippen LogP contribution in [0.4, 0.5) is 0 Å². The van der Waals surface area contributed by atoms with E-state index < -0.39 is 5.97 Å². The Bertz CT molecular complexity index is 201. The standard InChI is InChI=1S/C7H8O3/c1-5(7(9)10)3-4-6(2)8/h3-4,8H,1-2H2,(H,9,10)/b4-3-. The lowest BCUT2D eigenvalue weighted by Gasteiger charge is -1.88. The molecule has 0 aliphatic carbocycles. The third-order valence-electron chi connectivity index (χ3n) is 0.752. The summed E-state index contributed by atoms with van der Waals surface area (Å²) in [5.41, 5.74) is -0.0878. The Hall–Kier alpha value is -1.51. The van der Waals surface area contributed by atoms with Crippen LogP contribution in [-0.4, -0.2) is 16.2 Å². The Kier molecular flexibility index (Phi) is 2.97. The molecule has 0 rings (SSSR count). The van der Waals surface area contributed by atoms with E-state index in [2.05, 4.69) is 13.2 Å². The average molecular weight is 140 g/mol. The summed E-state index contributed by atoms with van der Waals surface area (Å²) in [6.45, 7) is 6.31. The van der Waals surface area contributed by atoms with E-state index in [9.17, 15) is 4.79 Å². The molecule has 3 nitrogen and oxygen atoms in total. The highest BCUT2D eigenvalue weighted by Crippen LogP contribution is 1.94. The molecule has 0 unspecified atom stereocenters. The quantitative estimate of drug-likeness (QED) is 0.352. The molecule has 0 atom stereocenters. The Labute approximate surface area is 58.6 Å². The monoisotopic (exact) mass is 140 g/mol. The van der Waals surface area contributed by atoms with Gasteiger partial charge in [0.15, 0.2) is 0 Å². The van der Waals surface area contributed by atoms with Crippen molar-refractivity contribution in [2.45, 2.75) is 0 Å². The van der Waals surface area contributed by atoms with E-state index in [0.29, 0.717) is 0 Å². The summed E-state index contributed by atoms with van der Waals surface area (Å²) >= 11 is 0. The fourth-order valence-corrected chi connectivity index (χ4v) is 0.268. The van der Waals surface area contributed by atoms with Gasteiger partial charge in [0.25, 0.3) is 0 Å². The zero-order chi connectivity index (χ0) is 8.15. The molecule has 2 N–H and O–H groups in total. The molecule has 0 saturated carbocycles. The van der Waals surface area contributed by atoms with Crippen molar-refractivity contribution in [2.24, 2.45) is 0 Å². The molecule has 0 aliphatic rings. The molecule has 0 fully saturated rings. The van der Waals surface area contributed by atoms with E-state index >= 15 is 0 Å². The fourth-order valence-electron chi connectivity index (χ4n) is 0.268. The van der Waals surface area contributed by atoms with Gasteiger partial charge in [-0.05, 0) is 12.2 Å². The Morgan fingerprint density at radius 2 is 1.70 bits per heavy atom. The van der Waals surface area contributed by atoms with Gasteiger partial charge >= 0.3 is 5.97 Å². The van der Waals surface area contributed by atoms with Crippen molar-refractivity contribution in [3.8, 4) is 0 Å². The van der Waals surface area contributed by atoms with Crippen LogP contribution >= 0.6 is 0 Å². The van der Waals surface area contributed by atoms with Crippen LogP contribution in [0, 0.1) is 0 Å². The average Bonchev–Trinajstić information content (AvgIpc) is 1.82. The Balaban J connectivity index is 4.03. The van der Waals surface area contributed by atoms with Crippen molar-refractivity contribution in [3.05, 3.63) is 36.6 Å². The van der Waals surface area contributed by atoms with Gasteiger partial charge in [0, 0.05) is 0 Å². The Morgan fingerprint density at radius 1 is 1.20 bits per heavy atom. The number of rotatable bonds is 3. The van der Waals surface area contributed by atoms with E-state index in [1.165, 1.54) is 6.08 Å². The van der Waals surface area contributed by atoms with Crippen LogP contribution in [0.1, 0.15) is 0 Å². The van der Waals surface area contributed by atoms with Crippen LogP contribution in [0.25, 0.3) is 0 Å². The topological polar surface area (TPSA) is 57.5 Å². The smallest absolute Gasteiger partial charge is 0.335 e. The number of aliphatic hydroxyl groups is 1. The number of hydrogen-bond acceptors (Lipinski definition) is 2. The lowest BCUT2D eigenvalue weighted by atomic mass is 10.3. The summed E-state index contributed by atoms with van der Waals surface area (Å²) in [5, 5.41) is 16.7. The zero-order valence-corrected chi connectivity index (χ0v) is 5.37. The minimum atomic E-state index is -1.11. The summed E-state index contributed by atoms with van der Waals surface area (Å²) < 4.78 is 0. The molecule has 0 heterocycles. The van der Waals surface area contributed by atoms with Crippen molar-refractivity contribution in [2.75, 3.05) is 0 Å². The highest BCUT2D eigenvalue weighted by Gasteiger charge is 1.96. The lowest BCUT2D eigenvalue weighted by molar-refractivity contribution is -0.132. The molecule has 0 amide bonds.